The first kappa shape index (κ1) is 14.8. The highest BCUT2D eigenvalue weighted by Gasteiger charge is 2.11. The van der Waals surface area contributed by atoms with Crippen molar-refractivity contribution in [3.8, 4) is 0 Å². The maximum absolute atomic E-state index is 5.92. The number of rotatable bonds is 7. The van der Waals surface area contributed by atoms with Crippen LogP contribution in [0.3, 0.4) is 0 Å². The Morgan fingerprint density at radius 1 is 1.33 bits per heavy atom. The fraction of sp³-hybridized carbons (Fsp3) is 0.529. The highest BCUT2D eigenvalue weighted by atomic mass is 16.3. The average Bonchev–Trinajstić information content (AvgIpc) is 2.67. The van der Waals surface area contributed by atoms with Crippen LogP contribution in [0.1, 0.15) is 63.5 Å². The van der Waals surface area contributed by atoms with Crippen LogP contribution in [0.4, 0.5) is 0 Å². The molecule has 0 atom stereocenters. The van der Waals surface area contributed by atoms with Crippen LogP contribution in [0.15, 0.2) is 28.7 Å². The number of hydrogen-bond donors (Lipinski definition) is 0. The van der Waals surface area contributed by atoms with Crippen molar-refractivity contribution in [1.82, 2.24) is 0 Å². The molecular formula is C17H26O. The van der Waals surface area contributed by atoms with Gasteiger partial charge in [0.25, 0.3) is 0 Å². The summed E-state index contributed by atoms with van der Waals surface area (Å²) in [6.07, 6.45) is 7.76. The summed E-state index contributed by atoms with van der Waals surface area (Å²) in [6, 6.07) is 2.22. The van der Waals surface area contributed by atoms with Gasteiger partial charge in [0.15, 0.2) is 0 Å². The van der Waals surface area contributed by atoms with E-state index in [4.69, 9.17) is 4.42 Å². The van der Waals surface area contributed by atoms with Crippen molar-refractivity contribution in [3.63, 3.8) is 0 Å². The summed E-state index contributed by atoms with van der Waals surface area (Å²) in [7, 11) is 0. The van der Waals surface area contributed by atoms with Crippen molar-refractivity contribution >= 4 is 5.57 Å². The third-order valence-corrected chi connectivity index (χ3v) is 3.32. The Kier molecular flexibility index (Phi) is 5.97. The standard InChI is InChI=1S/C17H26O/c1-6-8-9-11-15-12-17(18-14(15)5)16(10-7-2)13(3)4/h7,12H,2,6,8-11H2,1,3-5H3. The zero-order chi connectivity index (χ0) is 13.5. The molecule has 0 N–H and O–H groups in total. The van der Waals surface area contributed by atoms with Crippen LogP contribution in [-0.2, 0) is 6.42 Å². The predicted molar refractivity (Wildman–Crippen MR) is 79.8 cm³/mol. The summed E-state index contributed by atoms with van der Waals surface area (Å²) in [4.78, 5) is 0. The molecule has 0 radical (unpaired) electrons. The smallest absolute Gasteiger partial charge is 0.130 e. The number of allylic oxidation sites excluding steroid dienone is 3. The van der Waals surface area contributed by atoms with Gasteiger partial charge in [-0.2, -0.15) is 0 Å². The largest absolute Gasteiger partial charge is 0.461 e. The molecule has 18 heavy (non-hydrogen) atoms. The molecule has 0 aromatic carbocycles. The molecule has 0 amide bonds. The molecule has 0 aliphatic carbocycles. The first-order valence-electron chi connectivity index (χ1n) is 6.97. The molecule has 1 aromatic heterocycles. The van der Waals surface area contributed by atoms with E-state index in [2.05, 4.69) is 40.3 Å². The van der Waals surface area contributed by atoms with Crippen molar-refractivity contribution in [3.05, 3.63) is 41.4 Å². The molecular weight excluding hydrogens is 220 g/mol. The van der Waals surface area contributed by atoms with E-state index in [9.17, 15) is 0 Å². The van der Waals surface area contributed by atoms with E-state index >= 15 is 0 Å². The number of hydrogen-bond acceptors (Lipinski definition) is 1. The van der Waals surface area contributed by atoms with Crippen molar-refractivity contribution in [2.45, 2.75) is 59.8 Å². The van der Waals surface area contributed by atoms with E-state index in [1.54, 1.807) is 0 Å². The van der Waals surface area contributed by atoms with Gasteiger partial charge in [0.1, 0.15) is 11.5 Å². The van der Waals surface area contributed by atoms with Gasteiger partial charge in [-0.15, -0.1) is 6.58 Å². The minimum Gasteiger partial charge on any atom is -0.461 e. The topological polar surface area (TPSA) is 13.1 Å². The molecule has 0 aliphatic rings. The Morgan fingerprint density at radius 3 is 2.61 bits per heavy atom. The van der Waals surface area contributed by atoms with Crippen LogP contribution in [0.25, 0.3) is 5.57 Å². The lowest BCUT2D eigenvalue weighted by molar-refractivity contribution is 0.514. The second kappa shape index (κ2) is 7.25. The zero-order valence-electron chi connectivity index (χ0n) is 12.3. The van der Waals surface area contributed by atoms with Crippen LogP contribution < -0.4 is 0 Å². The van der Waals surface area contributed by atoms with Crippen LogP contribution >= 0.6 is 0 Å². The lowest BCUT2D eigenvalue weighted by atomic mass is 10.0. The molecule has 1 nitrogen and oxygen atoms in total. The van der Waals surface area contributed by atoms with Crippen molar-refractivity contribution in [1.29, 1.82) is 0 Å². The predicted octanol–water partition coefficient (Wildman–Crippen LogP) is 5.69. The highest BCUT2D eigenvalue weighted by molar-refractivity contribution is 5.66. The van der Waals surface area contributed by atoms with Gasteiger partial charge >= 0.3 is 0 Å². The van der Waals surface area contributed by atoms with Gasteiger partial charge in [-0.1, -0.05) is 31.4 Å². The molecule has 1 heteroatoms. The molecule has 0 fully saturated rings. The highest BCUT2D eigenvalue weighted by Crippen LogP contribution is 2.28. The maximum atomic E-state index is 5.92. The van der Waals surface area contributed by atoms with Gasteiger partial charge < -0.3 is 4.42 Å². The number of unbranched alkanes of at least 4 members (excludes halogenated alkanes) is 2. The second-order valence-corrected chi connectivity index (χ2v) is 5.12. The molecule has 0 saturated heterocycles. The quantitative estimate of drug-likeness (QED) is 0.445. The Morgan fingerprint density at radius 2 is 2.06 bits per heavy atom. The molecule has 0 aliphatic heterocycles. The van der Waals surface area contributed by atoms with Gasteiger partial charge in [0, 0.05) is 0 Å². The van der Waals surface area contributed by atoms with Crippen molar-refractivity contribution in [2.24, 2.45) is 0 Å². The summed E-state index contributed by atoms with van der Waals surface area (Å²) in [5.41, 5.74) is 3.94. The monoisotopic (exact) mass is 246 g/mol. The fourth-order valence-corrected chi connectivity index (χ4v) is 2.18. The Hall–Kier alpha value is -1.24. The van der Waals surface area contributed by atoms with E-state index in [1.807, 2.05) is 6.08 Å². The Balaban J connectivity index is 2.88. The first-order valence-corrected chi connectivity index (χ1v) is 6.97. The van der Waals surface area contributed by atoms with Gasteiger partial charge in [-0.25, -0.2) is 0 Å². The lowest BCUT2D eigenvalue weighted by Gasteiger charge is -2.03. The van der Waals surface area contributed by atoms with Crippen molar-refractivity contribution < 1.29 is 4.42 Å². The number of aryl methyl sites for hydroxylation is 2. The SMILES string of the molecule is C=CCC(=C(C)C)c1cc(CCCCC)c(C)o1. The van der Waals surface area contributed by atoms with Gasteiger partial charge in [-0.05, 0) is 57.2 Å². The van der Waals surface area contributed by atoms with Gasteiger partial charge in [0.05, 0.1) is 0 Å². The molecule has 0 spiro atoms. The normalized spacial score (nSPS) is 10.4. The Bertz CT molecular complexity index is 417. The summed E-state index contributed by atoms with van der Waals surface area (Å²) in [5, 5.41) is 0. The summed E-state index contributed by atoms with van der Waals surface area (Å²) >= 11 is 0. The van der Waals surface area contributed by atoms with E-state index in [0.29, 0.717) is 0 Å². The van der Waals surface area contributed by atoms with E-state index in [-0.39, 0.29) is 0 Å². The minimum atomic E-state index is 0.879. The van der Waals surface area contributed by atoms with Gasteiger partial charge in [0.2, 0.25) is 0 Å². The Labute approximate surface area is 112 Å². The molecule has 0 unspecified atom stereocenters. The van der Waals surface area contributed by atoms with E-state index in [1.165, 1.54) is 36.0 Å². The third kappa shape index (κ3) is 3.90. The first-order chi connectivity index (χ1) is 8.60. The summed E-state index contributed by atoms with van der Waals surface area (Å²) < 4.78 is 5.92. The molecule has 100 valence electrons. The average molecular weight is 246 g/mol. The lowest BCUT2D eigenvalue weighted by Crippen LogP contribution is -1.85. The summed E-state index contributed by atoms with van der Waals surface area (Å²) in [6.45, 7) is 12.4. The zero-order valence-corrected chi connectivity index (χ0v) is 12.3. The molecule has 1 aromatic rings. The molecule has 0 saturated carbocycles. The minimum absolute atomic E-state index is 0.879. The summed E-state index contributed by atoms with van der Waals surface area (Å²) in [5.74, 6) is 2.10. The van der Waals surface area contributed by atoms with Crippen LogP contribution in [0.2, 0.25) is 0 Å². The van der Waals surface area contributed by atoms with E-state index < -0.39 is 0 Å². The molecule has 1 rings (SSSR count). The molecule has 0 bridgehead atoms. The van der Waals surface area contributed by atoms with Crippen LogP contribution in [-0.4, -0.2) is 0 Å². The number of furan rings is 1. The van der Waals surface area contributed by atoms with Crippen LogP contribution in [0, 0.1) is 6.92 Å². The fourth-order valence-electron chi connectivity index (χ4n) is 2.18. The maximum Gasteiger partial charge on any atom is 0.130 e. The second-order valence-electron chi connectivity index (χ2n) is 5.12. The van der Waals surface area contributed by atoms with Gasteiger partial charge in [-0.3, -0.25) is 0 Å². The van der Waals surface area contributed by atoms with E-state index in [0.717, 1.165) is 24.4 Å². The van der Waals surface area contributed by atoms with Crippen molar-refractivity contribution in [2.75, 3.05) is 0 Å². The third-order valence-electron chi connectivity index (χ3n) is 3.32. The molecule has 1 heterocycles. The van der Waals surface area contributed by atoms with Crippen LogP contribution in [0.5, 0.6) is 0 Å².